The Labute approximate surface area is 270 Å². The van der Waals surface area contributed by atoms with Crippen molar-refractivity contribution in [3.63, 3.8) is 0 Å². The molecule has 0 radical (unpaired) electrons. The van der Waals surface area contributed by atoms with E-state index < -0.39 is 0 Å². The van der Waals surface area contributed by atoms with Crippen LogP contribution in [0.15, 0.2) is 59.6 Å². The molecule has 42 heavy (non-hydrogen) atoms. The number of ether oxygens (including phenoxy) is 1. The first kappa shape index (κ1) is 36.0. The Morgan fingerprint density at radius 1 is 0.833 bits per heavy atom. The Kier molecular flexibility index (Phi) is 17.1. The number of halogens is 1. The van der Waals surface area contributed by atoms with Gasteiger partial charge in [0.2, 0.25) is 11.4 Å². The number of thiazole rings is 1. The van der Waals surface area contributed by atoms with Gasteiger partial charge in [-0.15, -0.1) is 0 Å². The van der Waals surface area contributed by atoms with E-state index in [1.54, 1.807) is 11.3 Å². The van der Waals surface area contributed by atoms with Crippen LogP contribution in [-0.2, 0) is 23.2 Å². The molecule has 0 fully saturated rings. The highest BCUT2D eigenvalue weighted by Gasteiger charge is 2.22. The van der Waals surface area contributed by atoms with Crippen molar-refractivity contribution in [3.05, 3.63) is 76.2 Å². The predicted molar refractivity (Wildman–Crippen MR) is 174 cm³/mol. The fourth-order valence-electron chi connectivity index (χ4n) is 5.30. The number of benzene rings is 2. The second-order valence-electron chi connectivity index (χ2n) is 12.4. The summed E-state index contributed by atoms with van der Waals surface area (Å²) in [5.74, 6) is 0.870. The van der Waals surface area contributed by atoms with Gasteiger partial charge in [0.1, 0.15) is 5.75 Å². The van der Waals surface area contributed by atoms with Crippen LogP contribution in [-0.4, -0.2) is 12.5 Å². The summed E-state index contributed by atoms with van der Waals surface area (Å²) in [5.41, 5.74) is 6.09. The van der Waals surface area contributed by atoms with Gasteiger partial charge in [0.15, 0.2) is 12.7 Å². The number of para-hydroxylation sites is 2. The van der Waals surface area contributed by atoms with Crippen molar-refractivity contribution in [2.45, 2.75) is 123 Å². The lowest BCUT2D eigenvalue weighted by molar-refractivity contribution is -0.683. The summed E-state index contributed by atoms with van der Waals surface area (Å²) in [6, 6.07) is 14.3. The van der Waals surface area contributed by atoms with Crippen molar-refractivity contribution in [1.29, 1.82) is 0 Å². The molecular weight excluding hydrogens is 604 g/mol. The van der Waals surface area contributed by atoms with E-state index in [2.05, 4.69) is 72.9 Å². The Balaban J connectivity index is 0.00000616. The normalized spacial score (nSPS) is 11.2. The highest BCUT2D eigenvalue weighted by Crippen LogP contribution is 2.35. The minimum Gasteiger partial charge on any atom is -1.00 e. The van der Waals surface area contributed by atoms with Crippen LogP contribution in [0.4, 0.5) is 5.69 Å². The maximum absolute atomic E-state index is 13.3. The minimum absolute atomic E-state index is 0. The standard InChI is InChI=1S/C36H52N2O2S.BrH/c1-5-6-7-8-9-10-11-12-13-14-15-18-25-40-35-30(21-19-22-32(35)36(2,3)4)27-34(39)37-33-23-17-16-20-31(33)28-38-24-26-41-29-38;/h16-17,19-24,26,29H,5-15,18,25,27-28H2,1-4H3;1H. The van der Waals surface area contributed by atoms with E-state index >= 15 is 0 Å². The van der Waals surface area contributed by atoms with Gasteiger partial charge in [-0.25, -0.2) is 0 Å². The zero-order valence-corrected chi connectivity index (χ0v) is 28.8. The number of nitrogens with zero attached hydrogens (tertiary/aromatic N) is 1. The third-order valence-electron chi connectivity index (χ3n) is 7.67. The molecule has 0 spiro atoms. The summed E-state index contributed by atoms with van der Waals surface area (Å²) in [6.07, 6.45) is 18.3. The zero-order valence-electron chi connectivity index (χ0n) is 26.4. The van der Waals surface area contributed by atoms with Gasteiger partial charge < -0.3 is 27.0 Å². The summed E-state index contributed by atoms with van der Waals surface area (Å²) in [4.78, 5) is 13.3. The van der Waals surface area contributed by atoms with Gasteiger partial charge >= 0.3 is 0 Å². The van der Waals surface area contributed by atoms with Crippen molar-refractivity contribution in [3.8, 4) is 5.75 Å². The number of hydrogen-bond donors (Lipinski definition) is 1. The quantitative estimate of drug-likeness (QED) is 0.116. The van der Waals surface area contributed by atoms with Gasteiger partial charge in [-0.05, 0) is 23.5 Å². The van der Waals surface area contributed by atoms with E-state index in [-0.39, 0.29) is 34.7 Å². The number of hydrogen-bond acceptors (Lipinski definition) is 3. The lowest BCUT2D eigenvalue weighted by atomic mass is 9.84. The molecule has 0 saturated carbocycles. The summed E-state index contributed by atoms with van der Waals surface area (Å²) in [5, 5.41) is 5.23. The molecule has 6 heteroatoms. The lowest BCUT2D eigenvalue weighted by Crippen LogP contribution is -3.00. The van der Waals surface area contributed by atoms with Crippen molar-refractivity contribution in [2.24, 2.45) is 0 Å². The smallest absolute Gasteiger partial charge is 0.228 e. The third kappa shape index (κ3) is 13.0. The molecular formula is C36H53BrN2O2S. The highest BCUT2D eigenvalue weighted by molar-refractivity contribution is 7.07. The molecule has 0 aliphatic rings. The second kappa shape index (κ2) is 19.9. The molecule has 1 aromatic heterocycles. The van der Waals surface area contributed by atoms with Gasteiger partial charge in [0.05, 0.1) is 24.1 Å². The fourth-order valence-corrected chi connectivity index (χ4v) is 5.90. The first-order valence-corrected chi connectivity index (χ1v) is 16.9. The molecule has 1 heterocycles. The van der Waals surface area contributed by atoms with E-state index in [1.165, 1.54) is 70.6 Å². The van der Waals surface area contributed by atoms with Crippen LogP contribution in [0.1, 0.15) is 121 Å². The molecule has 1 amide bonds. The first-order chi connectivity index (χ1) is 19.9. The molecule has 0 unspecified atom stereocenters. The van der Waals surface area contributed by atoms with Crippen LogP contribution in [0, 0.1) is 0 Å². The van der Waals surface area contributed by atoms with Crippen molar-refractivity contribution >= 4 is 22.9 Å². The van der Waals surface area contributed by atoms with Crippen molar-refractivity contribution < 1.29 is 31.1 Å². The number of aromatic nitrogens is 1. The number of amides is 1. The minimum atomic E-state index is -0.0667. The molecule has 1 N–H and O–H groups in total. The Bertz CT molecular complexity index is 1160. The third-order valence-corrected chi connectivity index (χ3v) is 8.34. The number of carbonyl (C=O) groups is 1. The van der Waals surface area contributed by atoms with E-state index in [9.17, 15) is 4.79 Å². The van der Waals surface area contributed by atoms with Crippen LogP contribution in [0.25, 0.3) is 0 Å². The fraction of sp³-hybridized carbons (Fsp3) is 0.556. The van der Waals surface area contributed by atoms with Crippen molar-refractivity contribution in [1.82, 2.24) is 0 Å². The lowest BCUT2D eigenvalue weighted by Gasteiger charge is -2.25. The molecule has 3 aromatic rings. The Morgan fingerprint density at radius 2 is 1.45 bits per heavy atom. The van der Waals surface area contributed by atoms with E-state index in [1.807, 2.05) is 24.3 Å². The molecule has 0 aliphatic carbocycles. The topological polar surface area (TPSA) is 42.2 Å². The van der Waals surface area contributed by atoms with Crippen LogP contribution in [0.2, 0.25) is 0 Å². The molecule has 0 saturated heterocycles. The number of unbranched alkanes of at least 4 members (excludes halogenated alkanes) is 11. The highest BCUT2D eigenvalue weighted by atomic mass is 79.9. The van der Waals surface area contributed by atoms with E-state index in [4.69, 9.17) is 4.74 Å². The van der Waals surface area contributed by atoms with E-state index in [0.29, 0.717) is 6.61 Å². The largest absolute Gasteiger partial charge is 1.00 e. The maximum atomic E-state index is 13.3. The number of nitrogens with one attached hydrogen (secondary N) is 1. The Hall–Kier alpha value is -2.18. The molecule has 2 aromatic carbocycles. The number of rotatable bonds is 19. The van der Waals surface area contributed by atoms with Crippen LogP contribution in [0.3, 0.4) is 0 Å². The summed E-state index contributed by atoms with van der Waals surface area (Å²) in [7, 11) is 0. The average molecular weight is 658 g/mol. The van der Waals surface area contributed by atoms with Crippen LogP contribution < -0.4 is 31.6 Å². The summed E-state index contributed by atoms with van der Waals surface area (Å²) in [6.45, 7) is 10.3. The SMILES string of the molecule is CCCCCCCCCCCCCCOc1c(CC(=O)Nc2ccccc2C[n+]2ccsc2)cccc1C(C)(C)C.[Br-]. The molecule has 0 atom stereocenters. The van der Waals surface area contributed by atoms with Crippen LogP contribution in [0.5, 0.6) is 5.75 Å². The van der Waals surface area contributed by atoms with Crippen LogP contribution >= 0.6 is 11.3 Å². The molecule has 0 aliphatic heterocycles. The molecule has 232 valence electrons. The first-order valence-electron chi connectivity index (χ1n) is 15.9. The van der Waals surface area contributed by atoms with Gasteiger partial charge in [0, 0.05) is 11.1 Å². The Morgan fingerprint density at radius 3 is 2.07 bits per heavy atom. The van der Waals surface area contributed by atoms with Gasteiger partial charge in [-0.1, -0.05) is 146 Å². The van der Waals surface area contributed by atoms with Crippen molar-refractivity contribution in [2.75, 3.05) is 11.9 Å². The zero-order chi connectivity index (χ0) is 29.3. The van der Waals surface area contributed by atoms with E-state index in [0.717, 1.165) is 41.1 Å². The second-order valence-corrected chi connectivity index (χ2v) is 13.1. The van der Waals surface area contributed by atoms with Gasteiger partial charge in [-0.2, -0.15) is 4.57 Å². The summed E-state index contributed by atoms with van der Waals surface area (Å²) < 4.78 is 8.58. The maximum Gasteiger partial charge on any atom is 0.228 e. The molecule has 3 rings (SSSR count). The molecule has 4 nitrogen and oxygen atoms in total. The average Bonchev–Trinajstić information content (AvgIpc) is 3.45. The number of carbonyl (C=O) groups excluding carboxylic acids is 1. The summed E-state index contributed by atoms with van der Waals surface area (Å²) >= 11 is 1.66. The monoisotopic (exact) mass is 656 g/mol. The number of anilines is 1. The van der Waals surface area contributed by atoms with Gasteiger partial charge in [0.25, 0.3) is 0 Å². The molecule has 0 bridgehead atoms. The predicted octanol–water partition coefficient (Wildman–Crippen LogP) is 6.65. The van der Waals surface area contributed by atoms with Gasteiger partial charge in [-0.3, -0.25) is 4.79 Å².